The molecule has 0 aromatic heterocycles. The number of thiocarbonyl (C=S) groups is 1. The zero-order chi connectivity index (χ0) is 15.9. The molecule has 0 atom stereocenters. The smallest absolute Gasteiger partial charge is 0.387 e. The van der Waals surface area contributed by atoms with Gasteiger partial charge in [0.25, 0.3) is 5.91 Å². The number of hydrogen-bond donors (Lipinski definition) is 0. The van der Waals surface area contributed by atoms with E-state index in [1.54, 1.807) is 35.1 Å². The van der Waals surface area contributed by atoms with Gasteiger partial charge in [-0.2, -0.15) is 8.78 Å². The molecular formula is C15H14F2N2O2S. The third-order valence-electron chi connectivity index (χ3n) is 3.61. The first-order chi connectivity index (χ1) is 10.5. The average Bonchev–Trinajstić information content (AvgIpc) is 3.26. The summed E-state index contributed by atoms with van der Waals surface area (Å²) in [6, 6.07) is 6.34. The maximum atomic E-state index is 12.4. The van der Waals surface area contributed by atoms with Crippen LogP contribution in [0.3, 0.4) is 0 Å². The quantitative estimate of drug-likeness (QED) is 0.630. The van der Waals surface area contributed by atoms with Crippen molar-refractivity contribution in [1.29, 1.82) is 0 Å². The molecule has 7 heteroatoms. The maximum Gasteiger partial charge on any atom is 0.387 e. The molecule has 0 unspecified atom stereocenters. The highest BCUT2D eigenvalue weighted by atomic mass is 32.1. The molecule has 2 fully saturated rings. The van der Waals surface area contributed by atoms with E-state index < -0.39 is 6.61 Å². The SMILES string of the molecule is CN1C(=S)N(C2CC2)C(=O)/C1=C\c1ccc(OC(F)F)cc1. The van der Waals surface area contributed by atoms with Crippen molar-refractivity contribution in [2.75, 3.05) is 7.05 Å². The Balaban J connectivity index is 1.82. The van der Waals surface area contributed by atoms with Crippen LogP contribution in [0.15, 0.2) is 30.0 Å². The third kappa shape index (κ3) is 2.81. The molecule has 4 nitrogen and oxygen atoms in total. The van der Waals surface area contributed by atoms with Crippen molar-refractivity contribution in [3.63, 3.8) is 0 Å². The van der Waals surface area contributed by atoms with Crippen LogP contribution < -0.4 is 4.74 Å². The van der Waals surface area contributed by atoms with E-state index in [1.807, 2.05) is 0 Å². The Morgan fingerprint density at radius 3 is 2.50 bits per heavy atom. The lowest BCUT2D eigenvalue weighted by Gasteiger charge is -2.15. The fourth-order valence-electron chi connectivity index (χ4n) is 2.34. The largest absolute Gasteiger partial charge is 0.435 e. The molecule has 1 aliphatic heterocycles. The topological polar surface area (TPSA) is 32.8 Å². The van der Waals surface area contributed by atoms with Gasteiger partial charge >= 0.3 is 6.61 Å². The fourth-order valence-corrected chi connectivity index (χ4v) is 2.67. The van der Waals surface area contributed by atoms with Crippen molar-refractivity contribution in [1.82, 2.24) is 9.80 Å². The number of rotatable bonds is 4. The van der Waals surface area contributed by atoms with Gasteiger partial charge in [0.2, 0.25) is 0 Å². The predicted molar refractivity (Wildman–Crippen MR) is 81.3 cm³/mol. The first-order valence-corrected chi connectivity index (χ1v) is 7.26. The lowest BCUT2D eigenvalue weighted by Crippen LogP contribution is -2.33. The molecule has 1 saturated carbocycles. The summed E-state index contributed by atoms with van der Waals surface area (Å²) >= 11 is 5.30. The van der Waals surface area contributed by atoms with E-state index in [-0.39, 0.29) is 17.7 Å². The Hall–Kier alpha value is -2.02. The number of carbonyl (C=O) groups excluding carboxylic acids is 1. The number of hydrogen-bond acceptors (Lipinski definition) is 3. The molecule has 2 aliphatic rings. The summed E-state index contributed by atoms with van der Waals surface area (Å²) in [5.74, 6) is -0.0266. The van der Waals surface area contributed by atoms with Gasteiger partial charge in [0.05, 0.1) is 0 Å². The highest BCUT2D eigenvalue weighted by molar-refractivity contribution is 7.80. The number of nitrogens with zero attached hydrogens (tertiary/aromatic N) is 2. The summed E-state index contributed by atoms with van der Waals surface area (Å²) in [5, 5.41) is 0.511. The van der Waals surface area contributed by atoms with Crippen LogP contribution >= 0.6 is 12.2 Å². The van der Waals surface area contributed by atoms with E-state index in [0.717, 1.165) is 18.4 Å². The van der Waals surface area contributed by atoms with E-state index in [0.29, 0.717) is 10.8 Å². The molecule has 0 spiro atoms. The summed E-state index contributed by atoms with van der Waals surface area (Å²) in [4.78, 5) is 15.8. The van der Waals surface area contributed by atoms with Gasteiger partial charge in [-0.15, -0.1) is 0 Å². The molecule has 1 heterocycles. The van der Waals surface area contributed by atoms with E-state index in [1.165, 1.54) is 12.1 Å². The molecule has 1 saturated heterocycles. The number of benzene rings is 1. The number of likely N-dealkylation sites (N-methyl/N-ethyl adjacent to an activating group) is 1. The van der Waals surface area contributed by atoms with Crippen molar-refractivity contribution < 1.29 is 18.3 Å². The van der Waals surface area contributed by atoms with Gasteiger partial charge in [-0.25, -0.2) is 0 Å². The molecule has 116 valence electrons. The predicted octanol–water partition coefficient (Wildman–Crippen LogP) is 2.85. The summed E-state index contributed by atoms with van der Waals surface area (Å²) in [6.45, 7) is -2.85. The molecule has 22 heavy (non-hydrogen) atoms. The minimum atomic E-state index is -2.85. The first kappa shape index (κ1) is 14.9. The van der Waals surface area contributed by atoms with Crippen LogP contribution in [0.1, 0.15) is 18.4 Å². The van der Waals surface area contributed by atoms with Crippen LogP contribution in [-0.2, 0) is 4.79 Å². The number of alkyl halides is 2. The number of ether oxygens (including phenoxy) is 1. The average molecular weight is 324 g/mol. The fraction of sp³-hybridized carbons (Fsp3) is 0.333. The van der Waals surface area contributed by atoms with E-state index in [4.69, 9.17) is 12.2 Å². The van der Waals surface area contributed by atoms with Crippen molar-refractivity contribution in [2.24, 2.45) is 0 Å². The van der Waals surface area contributed by atoms with E-state index >= 15 is 0 Å². The van der Waals surface area contributed by atoms with Crippen molar-refractivity contribution >= 4 is 29.3 Å². The van der Waals surface area contributed by atoms with Gasteiger partial charge in [0.15, 0.2) is 5.11 Å². The monoisotopic (exact) mass is 324 g/mol. The highest BCUT2D eigenvalue weighted by Crippen LogP contribution is 2.34. The number of carbonyl (C=O) groups is 1. The Morgan fingerprint density at radius 1 is 1.32 bits per heavy atom. The van der Waals surface area contributed by atoms with Crippen LogP contribution in [0.4, 0.5) is 8.78 Å². The standard InChI is InChI=1S/C15H14F2N2O2S/c1-18-12(13(20)19(15(18)22)10-4-5-10)8-9-2-6-11(7-3-9)21-14(16)17/h2-3,6-8,10,14H,4-5H2,1H3/b12-8+. The molecular weight excluding hydrogens is 310 g/mol. The van der Waals surface area contributed by atoms with Crippen LogP contribution in [0, 0.1) is 0 Å². The van der Waals surface area contributed by atoms with Gasteiger partial charge in [-0.1, -0.05) is 12.1 Å². The van der Waals surface area contributed by atoms with E-state index in [2.05, 4.69) is 4.74 Å². The van der Waals surface area contributed by atoms with Crippen LogP contribution in [0.2, 0.25) is 0 Å². The minimum Gasteiger partial charge on any atom is -0.435 e. The molecule has 0 bridgehead atoms. The third-order valence-corrected chi connectivity index (χ3v) is 4.08. The molecule has 3 rings (SSSR count). The molecule has 1 amide bonds. The maximum absolute atomic E-state index is 12.4. The van der Waals surface area contributed by atoms with E-state index in [9.17, 15) is 13.6 Å². The molecule has 1 aliphatic carbocycles. The Bertz CT molecular complexity index is 641. The zero-order valence-electron chi connectivity index (χ0n) is 11.8. The summed E-state index contributed by atoms with van der Waals surface area (Å²) in [6.07, 6.45) is 3.66. The lowest BCUT2D eigenvalue weighted by molar-refractivity contribution is -0.122. The Labute approximate surface area is 131 Å². The van der Waals surface area contributed by atoms with Gasteiger partial charge in [0, 0.05) is 13.1 Å². The zero-order valence-corrected chi connectivity index (χ0v) is 12.6. The van der Waals surface area contributed by atoms with Crippen molar-refractivity contribution in [3.05, 3.63) is 35.5 Å². The van der Waals surface area contributed by atoms with Gasteiger partial charge in [0.1, 0.15) is 11.4 Å². The van der Waals surface area contributed by atoms with Crippen LogP contribution in [0.25, 0.3) is 6.08 Å². The molecule has 0 N–H and O–H groups in total. The van der Waals surface area contributed by atoms with Crippen molar-refractivity contribution in [3.8, 4) is 5.75 Å². The normalized spacial score (nSPS) is 20.5. The number of halogens is 2. The molecule has 1 aromatic rings. The van der Waals surface area contributed by atoms with Crippen LogP contribution in [-0.4, -0.2) is 40.5 Å². The second kappa shape index (κ2) is 5.64. The summed E-state index contributed by atoms with van der Waals surface area (Å²) in [7, 11) is 1.75. The number of amides is 1. The van der Waals surface area contributed by atoms with Crippen molar-refractivity contribution in [2.45, 2.75) is 25.5 Å². The van der Waals surface area contributed by atoms with Gasteiger partial charge < -0.3 is 9.64 Å². The second-order valence-electron chi connectivity index (χ2n) is 5.23. The first-order valence-electron chi connectivity index (χ1n) is 6.85. The molecule has 1 aromatic carbocycles. The minimum absolute atomic E-state index is 0.0818. The van der Waals surface area contributed by atoms with Gasteiger partial charge in [-0.05, 0) is 48.8 Å². The second-order valence-corrected chi connectivity index (χ2v) is 5.59. The lowest BCUT2D eigenvalue weighted by atomic mass is 10.2. The Morgan fingerprint density at radius 2 is 1.95 bits per heavy atom. The van der Waals surface area contributed by atoms with Gasteiger partial charge in [-0.3, -0.25) is 9.69 Å². The van der Waals surface area contributed by atoms with Crippen LogP contribution in [0.5, 0.6) is 5.75 Å². The summed E-state index contributed by atoms with van der Waals surface area (Å²) < 4.78 is 28.5. The highest BCUT2D eigenvalue weighted by Gasteiger charge is 2.44. The Kier molecular flexibility index (Phi) is 3.82. The molecule has 0 radical (unpaired) electrons. The summed E-state index contributed by atoms with van der Waals surface area (Å²) in [5.41, 5.74) is 1.21.